The van der Waals surface area contributed by atoms with Crippen molar-refractivity contribution in [1.82, 2.24) is 15.5 Å². The van der Waals surface area contributed by atoms with Gasteiger partial charge in [0.25, 0.3) is 0 Å². The van der Waals surface area contributed by atoms with Crippen LogP contribution in [0.4, 0.5) is 0 Å². The molecule has 1 amide bonds. The molecular weight excluding hydrogens is 519 g/mol. The number of aryl methyl sites for hydroxylation is 1. The van der Waals surface area contributed by atoms with Gasteiger partial charge in [-0.05, 0) is 31.0 Å². The van der Waals surface area contributed by atoms with E-state index in [1.165, 1.54) is 16.0 Å². The summed E-state index contributed by atoms with van der Waals surface area (Å²) in [5, 5.41) is 6.75. The number of guanidine groups is 1. The Balaban J connectivity index is 0.00000341. The normalized spacial score (nSPS) is 16.2. The summed E-state index contributed by atoms with van der Waals surface area (Å²) >= 11 is 1.83. The van der Waals surface area contributed by atoms with Gasteiger partial charge in [-0.25, -0.2) is 0 Å². The molecule has 1 fully saturated rings. The van der Waals surface area contributed by atoms with Gasteiger partial charge < -0.3 is 15.5 Å². The van der Waals surface area contributed by atoms with E-state index in [1.54, 1.807) is 7.05 Å². The summed E-state index contributed by atoms with van der Waals surface area (Å²) in [4.78, 5) is 19.9. The van der Waals surface area contributed by atoms with E-state index in [0.717, 1.165) is 44.3 Å². The van der Waals surface area contributed by atoms with Gasteiger partial charge in [0, 0.05) is 56.2 Å². The molecule has 5 nitrogen and oxygen atoms in total. The van der Waals surface area contributed by atoms with Crippen LogP contribution in [0.1, 0.15) is 17.5 Å². The number of halogens is 1. The molecule has 2 aromatic rings. The van der Waals surface area contributed by atoms with E-state index in [1.807, 2.05) is 34.9 Å². The van der Waals surface area contributed by atoms with Crippen molar-refractivity contribution in [3.8, 4) is 0 Å². The lowest BCUT2D eigenvalue weighted by Crippen LogP contribution is -2.41. The number of amides is 1. The second-order valence-electron chi connectivity index (χ2n) is 7.69. The zero-order valence-electron chi connectivity index (χ0n) is 18.3. The van der Waals surface area contributed by atoms with Crippen LogP contribution in [0.5, 0.6) is 0 Å². The highest BCUT2D eigenvalue weighted by Crippen LogP contribution is 2.18. The van der Waals surface area contributed by atoms with Crippen LogP contribution in [0.3, 0.4) is 0 Å². The van der Waals surface area contributed by atoms with Gasteiger partial charge in [0.15, 0.2) is 5.96 Å². The zero-order chi connectivity index (χ0) is 21.2. The molecule has 1 heterocycles. The van der Waals surface area contributed by atoms with E-state index < -0.39 is 0 Å². The Bertz CT molecular complexity index is 829. The standard InChI is InChI=1S/C24H32N4OS.HI/c1-19-8-10-22(11-9-19)30-15-13-26-24(25-2)27-17-21-16-23(29)28(18-21)14-12-20-6-4-3-5-7-20;/h3-11,21H,12-18H2,1-2H3,(H2,25,26,27);1H. The highest BCUT2D eigenvalue weighted by molar-refractivity contribution is 14.0. The van der Waals surface area contributed by atoms with Gasteiger partial charge in [-0.2, -0.15) is 0 Å². The third kappa shape index (κ3) is 8.73. The maximum atomic E-state index is 12.3. The highest BCUT2D eigenvalue weighted by atomic mass is 127. The summed E-state index contributed by atoms with van der Waals surface area (Å²) in [6.07, 6.45) is 1.52. The SMILES string of the molecule is CN=C(NCCSc1ccc(C)cc1)NCC1CC(=O)N(CCc2ccccc2)C1.I. The van der Waals surface area contributed by atoms with Crippen molar-refractivity contribution in [2.45, 2.75) is 24.7 Å². The number of aliphatic imine (C=N–C) groups is 1. The first-order valence-corrected chi connectivity index (χ1v) is 11.6. The number of benzene rings is 2. The third-order valence-electron chi connectivity index (χ3n) is 5.27. The van der Waals surface area contributed by atoms with E-state index in [9.17, 15) is 4.79 Å². The smallest absolute Gasteiger partial charge is 0.223 e. The van der Waals surface area contributed by atoms with Crippen LogP contribution in [0.25, 0.3) is 0 Å². The van der Waals surface area contributed by atoms with Crippen molar-refractivity contribution in [3.63, 3.8) is 0 Å². The van der Waals surface area contributed by atoms with Gasteiger partial charge in [0.1, 0.15) is 0 Å². The van der Waals surface area contributed by atoms with Crippen LogP contribution < -0.4 is 10.6 Å². The number of thioether (sulfide) groups is 1. The van der Waals surface area contributed by atoms with E-state index >= 15 is 0 Å². The molecule has 31 heavy (non-hydrogen) atoms. The first kappa shape index (κ1) is 25.5. The lowest BCUT2D eigenvalue weighted by Gasteiger charge is -2.18. The summed E-state index contributed by atoms with van der Waals surface area (Å²) in [5.41, 5.74) is 2.56. The first-order chi connectivity index (χ1) is 14.6. The Morgan fingerprint density at radius 1 is 1.13 bits per heavy atom. The Hall–Kier alpha value is -1.74. The minimum absolute atomic E-state index is 0. The van der Waals surface area contributed by atoms with Crippen LogP contribution in [-0.2, 0) is 11.2 Å². The molecule has 1 aliphatic heterocycles. The molecular formula is C24H33IN4OS. The predicted molar refractivity (Wildman–Crippen MR) is 142 cm³/mol. The second kappa shape index (κ2) is 13.6. The minimum Gasteiger partial charge on any atom is -0.356 e. The molecule has 1 aliphatic rings. The quantitative estimate of drug-likeness (QED) is 0.163. The molecule has 0 spiro atoms. The zero-order valence-corrected chi connectivity index (χ0v) is 21.5. The number of carbonyl (C=O) groups is 1. The molecule has 1 unspecified atom stereocenters. The topological polar surface area (TPSA) is 56.7 Å². The largest absolute Gasteiger partial charge is 0.356 e. The average Bonchev–Trinajstić information content (AvgIpc) is 3.13. The average molecular weight is 553 g/mol. The van der Waals surface area contributed by atoms with E-state index in [-0.39, 0.29) is 29.9 Å². The fourth-order valence-electron chi connectivity index (χ4n) is 3.55. The van der Waals surface area contributed by atoms with Gasteiger partial charge in [-0.1, -0.05) is 48.0 Å². The second-order valence-corrected chi connectivity index (χ2v) is 8.86. The van der Waals surface area contributed by atoms with Gasteiger partial charge in [-0.15, -0.1) is 35.7 Å². The van der Waals surface area contributed by atoms with Crippen LogP contribution in [0.2, 0.25) is 0 Å². The number of hydrogen-bond donors (Lipinski definition) is 2. The molecule has 168 valence electrons. The molecule has 0 aromatic heterocycles. The van der Waals surface area contributed by atoms with Gasteiger partial charge in [-0.3, -0.25) is 9.79 Å². The summed E-state index contributed by atoms with van der Waals surface area (Å²) in [5.74, 6) is 2.36. The maximum Gasteiger partial charge on any atom is 0.223 e. The van der Waals surface area contributed by atoms with Gasteiger partial charge in [0.05, 0.1) is 0 Å². The number of carbonyl (C=O) groups excluding carboxylic acids is 1. The number of likely N-dealkylation sites (tertiary alicyclic amines) is 1. The Morgan fingerprint density at radius 2 is 1.87 bits per heavy atom. The van der Waals surface area contributed by atoms with Crippen LogP contribution in [-0.4, -0.2) is 55.7 Å². The first-order valence-electron chi connectivity index (χ1n) is 10.6. The number of hydrogen-bond acceptors (Lipinski definition) is 3. The van der Waals surface area contributed by atoms with Crippen molar-refractivity contribution in [2.24, 2.45) is 10.9 Å². The molecule has 1 saturated heterocycles. The fraction of sp³-hybridized carbons (Fsp3) is 0.417. The van der Waals surface area contributed by atoms with Gasteiger partial charge in [0.2, 0.25) is 5.91 Å². The monoisotopic (exact) mass is 552 g/mol. The summed E-state index contributed by atoms with van der Waals surface area (Å²) in [6.45, 7) is 5.32. The lowest BCUT2D eigenvalue weighted by molar-refractivity contribution is -0.127. The third-order valence-corrected chi connectivity index (χ3v) is 6.29. The summed E-state index contributed by atoms with van der Waals surface area (Å²) in [6, 6.07) is 19.0. The van der Waals surface area contributed by atoms with Crippen molar-refractivity contribution in [2.75, 3.05) is 39.0 Å². The molecule has 1 atom stereocenters. The Kier molecular flexibility index (Phi) is 11.2. The van der Waals surface area contributed by atoms with E-state index in [4.69, 9.17) is 0 Å². The molecule has 0 bridgehead atoms. The fourth-order valence-corrected chi connectivity index (χ4v) is 4.32. The van der Waals surface area contributed by atoms with E-state index in [2.05, 4.69) is 58.9 Å². The van der Waals surface area contributed by atoms with Crippen molar-refractivity contribution < 1.29 is 4.79 Å². The molecule has 2 N–H and O–H groups in total. The van der Waals surface area contributed by atoms with Gasteiger partial charge >= 0.3 is 0 Å². The summed E-state index contributed by atoms with van der Waals surface area (Å²) < 4.78 is 0. The van der Waals surface area contributed by atoms with Crippen LogP contribution in [0.15, 0.2) is 64.5 Å². The number of nitrogens with one attached hydrogen (secondary N) is 2. The minimum atomic E-state index is 0. The number of nitrogens with zero attached hydrogens (tertiary/aromatic N) is 2. The van der Waals surface area contributed by atoms with Crippen LogP contribution >= 0.6 is 35.7 Å². The molecule has 0 saturated carbocycles. The molecule has 2 aromatic carbocycles. The van der Waals surface area contributed by atoms with E-state index in [0.29, 0.717) is 12.3 Å². The highest BCUT2D eigenvalue weighted by Gasteiger charge is 2.29. The molecule has 0 radical (unpaired) electrons. The van der Waals surface area contributed by atoms with Crippen molar-refractivity contribution >= 4 is 47.6 Å². The lowest BCUT2D eigenvalue weighted by atomic mass is 10.1. The summed E-state index contributed by atoms with van der Waals surface area (Å²) in [7, 11) is 1.79. The van der Waals surface area contributed by atoms with Crippen molar-refractivity contribution in [3.05, 3.63) is 65.7 Å². The molecule has 0 aliphatic carbocycles. The molecule has 3 rings (SSSR count). The number of rotatable bonds is 9. The molecule has 7 heteroatoms. The predicted octanol–water partition coefficient (Wildman–Crippen LogP) is 3.96. The van der Waals surface area contributed by atoms with Crippen LogP contribution in [0, 0.1) is 12.8 Å². The Morgan fingerprint density at radius 3 is 2.58 bits per heavy atom. The van der Waals surface area contributed by atoms with Crippen molar-refractivity contribution in [1.29, 1.82) is 0 Å². The Labute approximate surface area is 207 Å². The maximum absolute atomic E-state index is 12.3.